The Morgan fingerprint density at radius 2 is 2.25 bits per heavy atom. The van der Waals surface area contributed by atoms with E-state index in [1.165, 1.54) is 0 Å². The second-order valence-corrected chi connectivity index (χ2v) is 4.41. The molecule has 1 atom stereocenters. The van der Waals surface area contributed by atoms with E-state index in [0.717, 1.165) is 21.3 Å². The molecular weight excluding hydrogens is 274 g/mol. The molecule has 0 bridgehead atoms. The number of hydrogen-bond acceptors (Lipinski definition) is 3. The fraction of sp³-hybridized carbons (Fsp3) is 0.364. The van der Waals surface area contributed by atoms with Crippen LogP contribution in [0, 0.1) is 6.92 Å². The van der Waals surface area contributed by atoms with Crippen LogP contribution in [-0.2, 0) is 11.2 Å². The second kappa shape index (κ2) is 5.32. The molecule has 0 aliphatic heterocycles. The van der Waals surface area contributed by atoms with Crippen LogP contribution in [0.25, 0.3) is 0 Å². The molecule has 0 saturated carbocycles. The van der Waals surface area contributed by atoms with Gasteiger partial charge in [-0.25, -0.2) is 0 Å². The Bertz CT molecular complexity index is 406. The summed E-state index contributed by atoms with van der Waals surface area (Å²) in [6, 6.07) is 2.78. The summed E-state index contributed by atoms with van der Waals surface area (Å²) in [5.74, 6) is -0.280. The number of rotatable bonds is 4. The van der Waals surface area contributed by atoms with Crippen LogP contribution in [0.2, 0.25) is 0 Å². The molecule has 16 heavy (non-hydrogen) atoms. The normalized spacial score (nSPS) is 12.2. The molecule has 0 heterocycles. The number of methoxy groups -OCH3 is 1. The number of carbonyl (C=O) groups is 1. The first kappa shape index (κ1) is 13.0. The summed E-state index contributed by atoms with van der Waals surface area (Å²) in [6.07, 6.45) is 0.282. The molecule has 0 amide bonds. The van der Waals surface area contributed by atoms with E-state index in [-0.39, 0.29) is 6.42 Å². The van der Waals surface area contributed by atoms with E-state index >= 15 is 0 Å². The van der Waals surface area contributed by atoms with Gasteiger partial charge in [-0.15, -0.1) is 0 Å². The first-order valence-electron chi connectivity index (χ1n) is 4.77. The molecule has 88 valence electrons. The fourth-order valence-electron chi connectivity index (χ4n) is 1.38. The van der Waals surface area contributed by atoms with Crippen molar-refractivity contribution < 1.29 is 14.6 Å². The highest BCUT2D eigenvalue weighted by molar-refractivity contribution is 9.10. The van der Waals surface area contributed by atoms with Gasteiger partial charge < -0.3 is 15.6 Å². The van der Waals surface area contributed by atoms with Crippen molar-refractivity contribution in [2.45, 2.75) is 19.4 Å². The SMILES string of the molecule is COc1cc(CC(N)C(=O)O)cc(Br)c1C. The van der Waals surface area contributed by atoms with Gasteiger partial charge in [0.1, 0.15) is 11.8 Å². The van der Waals surface area contributed by atoms with Crippen LogP contribution in [-0.4, -0.2) is 24.2 Å². The van der Waals surface area contributed by atoms with Gasteiger partial charge in [0.05, 0.1) is 7.11 Å². The summed E-state index contributed by atoms with van der Waals surface area (Å²) >= 11 is 3.40. The largest absolute Gasteiger partial charge is 0.496 e. The van der Waals surface area contributed by atoms with E-state index in [4.69, 9.17) is 15.6 Å². The molecule has 0 aliphatic carbocycles. The number of aliphatic carboxylic acids is 1. The van der Waals surface area contributed by atoms with E-state index < -0.39 is 12.0 Å². The van der Waals surface area contributed by atoms with Gasteiger partial charge >= 0.3 is 5.97 Å². The Labute approximate surface area is 103 Å². The monoisotopic (exact) mass is 287 g/mol. The summed E-state index contributed by atoms with van der Waals surface area (Å²) in [5, 5.41) is 8.73. The lowest BCUT2D eigenvalue weighted by atomic mass is 10.0. The summed E-state index contributed by atoms with van der Waals surface area (Å²) in [7, 11) is 1.58. The van der Waals surface area contributed by atoms with Crippen LogP contribution in [0.3, 0.4) is 0 Å². The van der Waals surface area contributed by atoms with Gasteiger partial charge in [-0.05, 0) is 31.0 Å². The van der Waals surface area contributed by atoms with Gasteiger partial charge in [-0.1, -0.05) is 15.9 Å². The fourth-order valence-corrected chi connectivity index (χ4v) is 1.87. The maximum Gasteiger partial charge on any atom is 0.320 e. The minimum Gasteiger partial charge on any atom is -0.496 e. The number of nitrogens with two attached hydrogens (primary N) is 1. The molecule has 0 saturated heterocycles. The summed E-state index contributed by atoms with van der Waals surface area (Å²) in [5.41, 5.74) is 7.29. The van der Waals surface area contributed by atoms with Crippen LogP contribution in [0.15, 0.2) is 16.6 Å². The standard InChI is InChI=1S/C11H14BrNO3/c1-6-8(12)3-7(5-10(6)16-2)4-9(13)11(14)15/h3,5,9H,4,13H2,1-2H3,(H,14,15). The Hall–Kier alpha value is -1.07. The van der Waals surface area contributed by atoms with E-state index in [2.05, 4.69) is 15.9 Å². The molecule has 1 aromatic rings. The smallest absolute Gasteiger partial charge is 0.320 e. The average molecular weight is 288 g/mol. The third kappa shape index (κ3) is 2.96. The minimum absolute atomic E-state index is 0.282. The van der Waals surface area contributed by atoms with Gasteiger partial charge in [0.25, 0.3) is 0 Å². The molecule has 1 rings (SSSR count). The number of carboxylic acid groups (broad SMARTS) is 1. The number of halogens is 1. The molecule has 0 radical (unpaired) electrons. The molecule has 0 spiro atoms. The summed E-state index contributed by atoms with van der Waals surface area (Å²) < 4.78 is 6.08. The van der Waals surface area contributed by atoms with Crippen molar-refractivity contribution >= 4 is 21.9 Å². The van der Waals surface area contributed by atoms with Crippen molar-refractivity contribution in [3.05, 3.63) is 27.7 Å². The van der Waals surface area contributed by atoms with Crippen molar-refractivity contribution in [3.8, 4) is 5.75 Å². The summed E-state index contributed by atoms with van der Waals surface area (Å²) in [6.45, 7) is 1.92. The van der Waals surface area contributed by atoms with E-state index in [1.807, 2.05) is 19.1 Å². The van der Waals surface area contributed by atoms with Gasteiger partial charge in [0.2, 0.25) is 0 Å². The molecule has 3 N–H and O–H groups in total. The Kier molecular flexibility index (Phi) is 4.32. The van der Waals surface area contributed by atoms with Gasteiger partial charge in [0, 0.05) is 10.0 Å². The quantitative estimate of drug-likeness (QED) is 0.885. The zero-order valence-corrected chi connectivity index (χ0v) is 10.7. The highest BCUT2D eigenvalue weighted by Crippen LogP contribution is 2.28. The van der Waals surface area contributed by atoms with Crippen molar-refractivity contribution in [2.24, 2.45) is 5.73 Å². The van der Waals surface area contributed by atoms with Gasteiger partial charge in [-0.2, -0.15) is 0 Å². The van der Waals surface area contributed by atoms with Crippen molar-refractivity contribution in [2.75, 3.05) is 7.11 Å². The highest BCUT2D eigenvalue weighted by Gasteiger charge is 2.14. The van der Waals surface area contributed by atoms with Gasteiger partial charge in [-0.3, -0.25) is 4.79 Å². The Morgan fingerprint density at radius 3 is 2.75 bits per heavy atom. The van der Waals surface area contributed by atoms with Crippen molar-refractivity contribution in [3.63, 3.8) is 0 Å². The first-order chi connectivity index (χ1) is 7.45. The van der Waals surface area contributed by atoms with E-state index in [9.17, 15) is 4.79 Å². The molecule has 0 fully saturated rings. The first-order valence-corrected chi connectivity index (χ1v) is 5.56. The van der Waals surface area contributed by atoms with Crippen LogP contribution >= 0.6 is 15.9 Å². The maximum absolute atomic E-state index is 10.6. The van der Waals surface area contributed by atoms with Crippen molar-refractivity contribution in [1.82, 2.24) is 0 Å². The van der Waals surface area contributed by atoms with Crippen LogP contribution < -0.4 is 10.5 Å². The maximum atomic E-state index is 10.6. The predicted molar refractivity (Wildman–Crippen MR) is 64.7 cm³/mol. The molecule has 1 unspecified atom stereocenters. The predicted octanol–water partition coefficient (Wildman–Crippen LogP) is 1.72. The van der Waals surface area contributed by atoms with E-state index in [0.29, 0.717) is 0 Å². The lowest BCUT2D eigenvalue weighted by molar-refractivity contribution is -0.138. The Morgan fingerprint density at radius 1 is 1.62 bits per heavy atom. The zero-order valence-electron chi connectivity index (χ0n) is 9.16. The lowest BCUT2D eigenvalue weighted by Crippen LogP contribution is -2.32. The lowest BCUT2D eigenvalue weighted by Gasteiger charge is -2.11. The molecule has 4 nitrogen and oxygen atoms in total. The molecule has 0 aromatic heterocycles. The van der Waals surface area contributed by atoms with Crippen LogP contribution in [0.5, 0.6) is 5.75 Å². The number of benzene rings is 1. The van der Waals surface area contributed by atoms with Crippen LogP contribution in [0.4, 0.5) is 0 Å². The second-order valence-electron chi connectivity index (χ2n) is 3.55. The molecular formula is C11H14BrNO3. The van der Waals surface area contributed by atoms with Gasteiger partial charge in [0.15, 0.2) is 0 Å². The highest BCUT2D eigenvalue weighted by atomic mass is 79.9. The number of ether oxygens (including phenoxy) is 1. The molecule has 0 aliphatic rings. The molecule has 1 aromatic carbocycles. The zero-order chi connectivity index (χ0) is 12.3. The third-order valence-corrected chi connectivity index (χ3v) is 3.17. The van der Waals surface area contributed by atoms with E-state index in [1.54, 1.807) is 7.11 Å². The topological polar surface area (TPSA) is 72.5 Å². The van der Waals surface area contributed by atoms with Crippen molar-refractivity contribution in [1.29, 1.82) is 0 Å². The number of carboxylic acids is 1. The third-order valence-electron chi connectivity index (χ3n) is 2.35. The average Bonchev–Trinajstić information content (AvgIpc) is 2.22. The minimum atomic E-state index is -1.00. The van der Waals surface area contributed by atoms with Crippen LogP contribution in [0.1, 0.15) is 11.1 Å². The number of hydrogen-bond donors (Lipinski definition) is 2. The molecule has 5 heteroatoms. The summed E-state index contributed by atoms with van der Waals surface area (Å²) in [4.78, 5) is 10.6. The Balaban J connectivity index is 2.98.